The van der Waals surface area contributed by atoms with Crippen LogP contribution in [-0.2, 0) is 10.0 Å². The third kappa shape index (κ3) is 3.90. The first-order valence-electron chi connectivity index (χ1n) is 6.77. The number of hydrazine groups is 1. The maximum atomic E-state index is 12.1. The van der Waals surface area contributed by atoms with Crippen molar-refractivity contribution in [1.82, 2.24) is 14.8 Å². The molecule has 0 aliphatic heterocycles. The average molecular weight is 308 g/mol. The minimum absolute atomic E-state index is 0.222. The van der Waals surface area contributed by atoms with Crippen molar-refractivity contribution in [3.63, 3.8) is 0 Å². The lowest BCUT2D eigenvalue weighted by Gasteiger charge is -2.13. The second kappa shape index (κ2) is 6.38. The average Bonchev–Trinajstić information content (AvgIpc) is 2.43. The summed E-state index contributed by atoms with van der Waals surface area (Å²) in [6, 6.07) is 8.63. The van der Waals surface area contributed by atoms with Gasteiger partial charge in [0.15, 0.2) is 0 Å². The molecule has 0 aliphatic carbocycles. The molecule has 0 bridgehead atoms. The second-order valence-electron chi connectivity index (χ2n) is 4.97. The van der Waals surface area contributed by atoms with Crippen LogP contribution in [0.3, 0.4) is 0 Å². The van der Waals surface area contributed by atoms with Crippen LogP contribution in [0.15, 0.2) is 35.2 Å². The Morgan fingerprint density at radius 1 is 1.19 bits per heavy atom. The molecule has 1 aromatic heterocycles. The number of hydrogen-bond acceptors (Lipinski definition) is 5. The van der Waals surface area contributed by atoms with Gasteiger partial charge in [0.05, 0.1) is 10.4 Å². The lowest BCUT2D eigenvalue weighted by atomic mass is 10.2. The lowest BCUT2D eigenvalue weighted by molar-refractivity contribution is 0.364. The SMILES string of the molecule is CCCNc1ccc2cc(S(=O)(=O)NN(C)C)ccc2n1. The van der Waals surface area contributed by atoms with Gasteiger partial charge in [-0.1, -0.05) is 6.92 Å². The molecule has 6 nitrogen and oxygen atoms in total. The molecular formula is C14H20N4O2S. The Bertz CT molecular complexity index is 729. The summed E-state index contributed by atoms with van der Waals surface area (Å²) >= 11 is 0. The summed E-state index contributed by atoms with van der Waals surface area (Å²) in [5, 5.41) is 5.40. The van der Waals surface area contributed by atoms with Crippen LogP contribution >= 0.6 is 0 Å². The number of nitrogens with zero attached hydrogens (tertiary/aromatic N) is 2. The predicted octanol–water partition coefficient (Wildman–Crippen LogP) is 1.81. The van der Waals surface area contributed by atoms with Crippen molar-refractivity contribution in [2.45, 2.75) is 18.2 Å². The molecule has 0 aliphatic rings. The predicted molar refractivity (Wildman–Crippen MR) is 84.5 cm³/mol. The molecule has 2 aromatic rings. The first-order chi connectivity index (χ1) is 9.92. The maximum absolute atomic E-state index is 12.1. The molecule has 114 valence electrons. The zero-order valence-electron chi connectivity index (χ0n) is 12.4. The first kappa shape index (κ1) is 15.7. The summed E-state index contributed by atoms with van der Waals surface area (Å²) in [6.45, 7) is 2.95. The standard InChI is InChI=1S/C14H20N4O2S/c1-4-9-15-14-8-5-11-10-12(6-7-13(11)16-14)21(19,20)17-18(2)3/h5-8,10,17H,4,9H2,1-3H3,(H,15,16). The number of aromatic nitrogens is 1. The highest BCUT2D eigenvalue weighted by atomic mass is 32.2. The second-order valence-corrected chi connectivity index (χ2v) is 6.63. The van der Waals surface area contributed by atoms with E-state index in [4.69, 9.17) is 0 Å². The number of anilines is 1. The van der Waals surface area contributed by atoms with Gasteiger partial charge in [-0.2, -0.15) is 0 Å². The van der Waals surface area contributed by atoms with E-state index in [1.807, 2.05) is 12.1 Å². The highest BCUT2D eigenvalue weighted by Crippen LogP contribution is 2.19. The van der Waals surface area contributed by atoms with E-state index in [0.717, 1.165) is 29.7 Å². The first-order valence-corrected chi connectivity index (χ1v) is 8.25. The van der Waals surface area contributed by atoms with E-state index < -0.39 is 10.0 Å². The number of hydrogen-bond donors (Lipinski definition) is 2. The third-order valence-electron chi connectivity index (χ3n) is 2.83. The van der Waals surface area contributed by atoms with Crippen molar-refractivity contribution in [1.29, 1.82) is 0 Å². The van der Waals surface area contributed by atoms with E-state index in [-0.39, 0.29) is 4.90 Å². The third-order valence-corrected chi connectivity index (χ3v) is 4.31. The Balaban J connectivity index is 2.35. The summed E-state index contributed by atoms with van der Waals surface area (Å²) in [5.41, 5.74) is 0.764. The molecule has 1 heterocycles. The van der Waals surface area contributed by atoms with Crippen molar-refractivity contribution < 1.29 is 8.42 Å². The molecule has 2 rings (SSSR count). The topological polar surface area (TPSA) is 74.3 Å². The summed E-state index contributed by atoms with van der Waals surface area (Å²) in [4.78, 5) is 7.09. The molecule has 2 N–H and O–H groups in total. The van der Waals surface area contributed by atoms with Crippen LogP contribution in [-0.4, -0.2) is 39.1 Å². The van der Waals surface area contributed by atoms with Crippen molar-refractivity contribution >= 4 is 26.7 Å². The largest absolute Gasteiger partial charge is 0.370 e. The molecule has 0 atom stereocenters. The fourth-order valence-corrected chi connectivity index (χ4v) is 3.03. The normalized spacial score (nSPS) is 12.0. The van der Waals surface area contributed by atoms with Crippen LogP contribution in [0.25, 0.3) is 10.9 Å². The van der Waals surface area contributed by atoms with E-state index in [0.29, 0.717) is 0 Å². The zero-order chi connectivity index (χ0) is 15.5. The van der Waals surface area contributed by atoms with Gasteiger partial charge < -0.3 is 5.32 Å². The van der Waals surface area contributed by atoms with Gasteiger partial charge in [0, 0.05) is 26.0 Å². The van der Waals surface area contributed by atoms with Crippen LogP contribution in [0.4, 0.5) is 5.82 Å². The lowest BCUT2D eigenvalue weighted by Crippen LogP contribution is -2.36. The van der Waals surface area contributed by atoms with E-state index in [2.05, 4.69) is 22.1 Å². The van der Waals surface area contributed by atoms with Gasteiger partial charge in [-0.15, -0.1) is 4.83 Å². The quantitative estimate of drug-likeness (QED) is 0.796. The van der Waals surface area contributed by atoms with Crippen molar-refractivity contribution in [2.24, 2.45) is 0 Å². The van der Waals surface area contributed by atoms with Gasteiger partial charge in [-0.05, 0) is 36.8 Å². The Morgan fingerprint density at radius 2 is 1.95 bits per heavy atom. The highest BCUT2D eigenvalue weighted by molar-refractivity contribution is 7.89. The number of rotatable bonds is 6. The Morgan fingerprint density at radius 3 is 2.62 bits per heavy atom. The Hall–Kier alpha value is -1.70. The fourth-order valence-electron chi connectivity index (χ4n) is 1.92. The molecule has 0 radical (unpaired) electrons. The van der Waals surface area contributed by atoms with Crippen LogP contribution in [0.5, 0.6) is 0 Å². The smallest absolute Gasteiger partial charge is 0.253 e. The molecule has 0 unspecified atom stereocenters. The van der Waals surface area contributed by atoms with Gasteiger partial charge in [0.1, 0.15) is 5.82 Å². The molecule has 0 amide bonds. The van der Waals surface area contributed by atoms with E-state index in [1.54, 1.807) is 32.3 Å². The number of nitrogens with one attached hydrogen (secondary N) is 2. The van der Waals surface area contributed by atoms with Crippen LogP contribution < -0.4 is 10.1 Å². The van der Waals surface area contributed by atoms with Gasteiger partial charge in [0.25, 0.3) is 10.0 Å². The van der Waals surface area contributed by atoms with E-state index in [1.165, 1.54) is 5.01 Å². The summed E-state index contributed by atoms with van der Waals surface area (Å²) in [7, 11) is -0.281. The molecule has 21 heavy (non-hydrogen) atoms. The molecule has 0 spiro atoms. The summed E-state index contributed by atoms with van der Waals surface area (Å²) in [6.07, 6.45) is 1.02. The van der Waals surface area contributed by atoms with Crippen molar-refractivity contribution in [3.8, 4) is 0 Å². The molecule has 7 heteroatoms. The van der Waals surface area contributed by atoms with Gasteiger partial charge >= 0.3 is 0 Å². The molecule has 1 aromatic carbocycles. The van der Waals surface area contributed by atoms with Gasteiger partial charge in [-0.3, -0.25) is 0 Å². The van der Waals surface area contributed by atoms with Crippen LogP contribution in [0.2, 0.25) is 0 Å². The summed E-state index contributed by atoms with van der Waals surface area (Å²) in [5.74, 6) is 0.798. The Kier molecular flexibility index (Phi) is 4.76. The van der Waals surface area contributed by atoms with Crippen LogP contribution in [0.1, 0.15) is 13.3 Å². The van der Waals surface area contributed by atoms with Crippen molar-refractivity contribution in [3.05, 3.63) is 30.3 Å². The zero-order valence-corrected chi connectivity index (χ0v) is 13.2. The minimum Gasteiger partial charge on any atom is -0.370 e. The van der Waals surface area contributed by atoms with Crippen molar-refractivity contribution in [2.75, 3.05) is 26.0 Å². The summed E-state index contributed by atoms with van der Waals surface area (Å²) < 4.78 is 24.2. The minimum atomic E-state index is -3.54. The monoisotopic (exact) mass is 308 g/mol. The Labute approximate surface area is 125 Å². The van der Waals surface area contributed by atoms with Crippen LogP contribution in [0, 0.1) is 0 Å². The molecule has 0 fully saturated rings. The van der Waals surface area contributed by atoms with E-state index >= 15 is 0 Å². The maximum Gasteiger partial charge on any atom is 0.253 e. The van der Waals surface area contributed by atoms with E-state index in [9.17, 15) is 8.42 Å². The number of pyridine rings is 1. The molecule has 0 saturated heterocycles. The van der Waals surface area contributed by atoms with Gasteiger partial charge in [-0.25, -0.2) is 18.4 Å². The molecular weight excluding hydrogens is 288 g/mol. The van der Waals surface area contributed by atoms with Gasteiger partial charge in [0.2, 0.25) is 0 Å². The number of fused-ring (bicyclic) bond motifs is 1. The fraction of sp³-hybridized carbons (Fsp3) is 0.357. The highest BCUT2D eigenvalue weighted by Gasteiger charge is 2.15. The molecule has 0 saturated carbocycles. The number of benzene rings is 1. The number of sulfonamides is 1.